The molecule has 2 N–H and O–H groups in total. The van der Waals surface area contributed by atoms with Gasteiger partial charge in [-0.1, -0.05) is 13.8 Å². The number of likely N-dealkylation sites (tertiary alicyclic amines) is 1. The third-order valence-electron chi connectivity index (χ3n) is 4.21. The molecule has 6 nitrogen and oxygen atoms in total. The fraction of sp³-hybridized carbons (Fsp3) is 0.846. The molecule has 2 unspecified atom stereocenters. The zero-order valence-electron chi connectivity index (χ0n) is 12.3. The number of carbonyl (C=O) groups excluding carboxylic acids is 2. The van der Waals surface area contributed by atoms with Gasteiger partial charge in [0.25, 0.3) is 0 Å². The largest absolute Gasteiger partial charge is 0.355 e. The van der Waals surface area contributed by atoms with Gasteiger partial charge in [0, 0.05) is 35.6 Å². The van der Waals surface area contributed by atoms with Crippen molar-refractivity contribution in [2.45, 2.75) is 31.9 Å². The molecule has 2 amide bonds. The van der Waals surface area contributed by atoms with Gasteiger partial charge < -0.3 is 10.2 Å². The third kappa shape index (κ3) is 2.55. The first kappa shape index (κ1) is 15.3. The van der Waals surface area contributed by atoms with Crippen LogP contribution in [-0.2, 0) is 19.3 Å². The Morgan fingerprint density at radius 3 is 2.55 bits per heavy atom. The number of rotatable bonds is 4. The van der Waals surface area contributed by atoms with Crippen LogP contribution in [0.25, 0.3) is 0 Å². The van der Waals surface area contributed by atoms with E-state index in [9.17, 15) is 13.8 Å². The van der Waals surface area contributed by atoms with Crippen molar-refractivity contribution in [1.29, 1.82) is 4.78 Å². The van der Waals surface area contributed by atoms with Gasteiger partial charge in [0.05, 0.1) is 5.25 Å². The standard InChI is InChI=1S/C13H23N3O3S/c1-9(2)6-13(4-5-15-11(13)17)12(18)16-7-10(8-16)20(3,14)19/h9-10,14H,4-8H2,1-3H3,(H,15,17). The monoisotopic (exact) mass is 301 g/mol. The van der Waals surface area contributed by atoms with Crippen molar-refractivity contribution in [3.05, 3.63) is 0 Å². The summed E-state index contributed by atoms with van der Waals surface area (Å²) in [6.07, 6.45) is 2.49. The molecule has 2 atom stereocenters. The first-order valence-electron chi connectivity index (χ1n) is 6.97. The van der Waals surface area contributed by atoms with E-state index in [4.69, 9.17) is 4.78 Å². The fourth-order valence-electron chi connectivity index (χ4n) is 3.05. The maximum Gasteiger partial charge on any atom is 0.238 e. The van der Waals surface area contributed by atoms with E-state index in [-0.39, 0.29) is 23.0 Å². The van der Waals surface area contributed by atoms with Crippen LogP contribution in [0.15, 0.2) is 0 Å². The summed E-state index contributed by atoms with van der Waals surface area (Å²) in [6, 6.07) is 0. The highest BCUT2D eigenvalue weighted by molar-refractivity contribution is 7.92. The van der Waals surface area contributed by atoms with Crippen molar-refractivity contribution in [3.8, 4) is 0 Å². The molecule has 0 aliphatic carbocycles. The van der Waals surface area contributed by atoms with Crippen LogP contribution in [0.2, 0.25) is 0 Å². The number of amides is 2. The van der Waals surface area contributed by atoms with E-state index in [2.05, 4.69) is 5.32 Å². The number of carbonyl (C=O) groups is 2. The normalized spacial score (nSPS) is 30.0. The topological polar surface area (TPSA) is 90.3 Å². The molecule has 0 radical (unpaired) electrons. The molecule has 2 rings (SSSR count). The molecule has 0 spiro atoms. The summed E-state index contributed by atoms with van der Waals surface area (Å²) in [7, 11) is -2.61. The fourth-order valence-corrected chi connectivity index (χ4v) is 3.98. The van der Waals surface area contributed by atoms with Gasteiger partial charge in [0.1, 0.15) is 5.41 Å². The van der Waals surface area contributed by atoms with Crippen molar-refractivity contribution in [2.75, 3.05) is 25.9 Å². The zero-order valence-corrected chi connectivity index (χ0v) is 13.1. The quantitative estimate of drug-likeness (QED) is 0.738. The van der Waals surface area contributed by atoms with Crippen molar-refractivity contribution >= 4 is 21.5 Å². The van der Waals surface area contributed by atoms with Crippen molar-refractivity contribution in [1.82, 2.24) is 10.2 Å². The van der Waals surface area contributed by atoms with Gasteiger partial charge in [-0.3, -0.25) is 14.4 Å². The second kappa shape index (κ2) is 5.02. The van der Waals surface area contributed by atoms with E-state index < -0.39 is 15.1 Å². The summed E-state index contributed by atoms with van der Waals surface area (Å²) < 4.78 is 19.2. The lowest BCUT2D eigenvalue weighted by atomic mass is 9.77. The maximum atomic E-state index is 12.7. The second-order valence-corrected chi connectivity index (χ2v) is 8.90. The summed E-state index contributed by atoms with van der Waals surface area (Å²) >= 11 is 0. The molecule has 114 valence electrons. The molecule has 0 aromatic rings. The Labute approximate surface area is 120 Å². The number of nitrogens with zero attached hydrogens (tertiary/aromatic N) is 1. The highest BCUT2D eigenvalue weighted by Crippen LogP contribution is 2.37. The van der Waals surface area contributed by atoms with Gasteiger partial charge in [-0.05, 0) is 18.8 Å². The lowest BCUT2D eigenvalue weighted by molar-refractivity contribution is -0.152. The summed E-state index contributed by atoms with van der Waals surface area (Å²) in [5.74, 6) is -0.0738. The molecule has 0 aromatic heterocycles. The van der Waals surface area contributed by atoms with Crippen LogP contribution in [0, 0.1) is 16.1 Å². The summed E-state index contributed by atoms with van der Waals surface area (Å²) in [5.41, 5.74) is -0.949. The number of nitrogens with one attached hydrogen (secondary N) is 2. The molecule has 2 aliphatic heterocycles. The molecule has 2 fully saturated rings. The minimum atomic E-state index is -2.61. The zero-order chi connectivity index (χ0) is 15.1. The van der Waals surface area contributed by atoms with Crippen LogP contribution in [0.3, 0.4) is 0 Å². The van der Waals surface area contributed by atoms with E-state index in [0.717, 1.165) is 0 Å². The maximum absolute atomic E-state index is 12.7. The average Bonchev–Trinajstić information content (AvgIpc) is 2.55. The van der Waals surface area contributed by atoms with E-state index >= 15 is 0 Å². The van der Waals surface area contributed by atoms with E-state index in [1.165, 1.54) is 6.26 Å². The van der Waals surface area contributed by atoms with Crippen molar-refractivity contribution < 1.29 is 13.8 Å². The third-order valence-corrected chi connectivity index (χ3v) is 5.78. The van der Waals surface area contributed by atoms with Crippen molar-refractivity contribution in [2.24, 2.45) is 11.3 Å². The van der Waals surface area contributed by atoms with Gasteiger partial charge in [0.15, 0.2) is 0 Å². The Hall–Kier alpha value is -1.11. The van der Waals surface area contributed by atoms with Crippen LogP contribution in [0.1, 0.15) is 26.7 Å². The molecule has 0 aromatic carbocycles. The number of hydrogen-bond donors (Lipinski definition) is 2. The number of hydrogen-bond acceptors (Lipinski definition) is 4. The van der Waals surface area contributed by atoms with Crippen LogP contribution in [0.5, 0.6) is 0 Å². The molecule has 0 bridgehead atoms. The van der Waals surface area contributed by atoms with Gasteiger partial charge >= 0.3 is 0 Å². The first-order valence-corrected chi connectivity index (χ1v) is 9.00. The smallest absolute Gasteiger partial charge is 0.238 e. The Bertz CT molecular complexity index is 523. The van der Waals surface area contributed by atoms with E-state index in [1.54, 1.807) is 4.90 Å². The molecular formula is C13H23N3O3S. The Morgan fingerprint density at radius 2 is 2.15 bits per heavy atom. The van der Waals surface area contributed by atoms with Gasteiger partial charge in [-0.25, -0.2) is 4.21 Å². The molecular weight excluding hydrogens is 278 g/mol. The average molecular weight is 301 g/mol. The molecule has 2 aliphatic rings. The minimum absolute atomic E-state index is 0.152. The lowest BCUT2D eigenvalue weighted by Crippen LogP contribution is -2.61. The Balaban J connectivity index is 2.12. The highest BCUT2D eigenvalue weighted by Gasteiger charge is 2.53. The van der Waals surface area contributed by atoms with Gasteiger partial charge in [0.2, 0.25) is 11.8 Å². The Morgan fingerprint density at radius 1 is 1.55 bits per heavy atom. The summed E-state index contributed by atoms with van der Waals surface area (Å²) in [4.78, 5) is 26.4. The minimum Gasteiger partial charge on any atom is -0.355 e. The van der Waals surface area contributed by atoms with Gasteiger partial charge in [-0.15, -0.1) is 0 Å². The van der Waals surface area contributed by atoms with Crippen LogP contribution < -0.4 is 5.32 Å². The van der Waals surface area contributed by atoms with Crippen LogP contribution in [-0.4, -0.2) is 52.1 Å². The molecule has 20 heavy (non-hydrogen) atoms. The molecule has 7 heteroatoms. The van der Waals surface area contributed by atoms with Crippen molar-refractivity contribution in [3.63, 3.8) is 0 Å². The van der Waals surface area contributed by atoms with Crippen LogP contribution >= 0.6 is 0 Å². The predicted octanol–water partition coefficient (Wildman–Crippen LogP) is 0.426. The molecule has 2 heterocycles. The summed E-state index contributed by atoms with van der Waals surface area (Å²) in [5, 5.41) is 2.50. The summed E-state index contributed by atoms with van der Waals surface area (Å²) in [6.45, 7) is 5.22. The Kier molecular flexibility index (Phi) is 3.83. The highest BCUT2D eigenvalue weighted by atomic mass is 32.2. The van der Waals surface area contributed by atoms with Crippen LogP contribution in [0.4, 0.5) is 0 Å². The predicted molar refractivity (Wildman–Crippen MR) is 76.7 cm³/mol. The van der Waals surface area contributed by atoms with E-state index in [0.29, 0.717) is 32.5 Å². The van der Waals surface area contributed by atoms with E-state index in [1.807, 2.05) is 13.8 Å². The van der Waals surface area contributed by atoms with Gasteiger partial charge in [-0.2, -0.15) is 0 Å². The SMILES string of the molecule is CC(C)CC1(C(=O)N2CC(S(C)(=N)=O)C2)CCNC1=O. The second-order valence-electron chi connectivity index (χ2n) is 6.42. The molecule has 2 saturated heterocycles. The lowest BCUT2D eigenvalue weighted by Gasteiger charge is -2.43. The first-order chi connectivity index (χ1) is 9.17. The molecule has 0 saturated carbocycles.